The highest BCUT2D eigenvalue weighted by Gasteiger charge is 2.50. The first-order valence-electron chi connectivity index (χ1n) is 9.83. The van der Waals surface area contributed by atoms with Gasteiger partial charge < -0.3 is 5.73 Å². The van der Waals surface area contributed by atoms with Gasteiger partial charge in [-0.05, 0) is 47.9 Å². The molecule has 9 heteroatoms. The van der Waals surface area contributed by atoms with Crippen molar-refractivity contribution in [2.75, 3.05) is 7.05 Å². The van der Waals surface area contributed by atoms with E-state index in [1.54, 1.807) is 43.6 Å². The van der Waals surface area contributed by atoms with E-state index in [0.717, 1.165) is 22.7 Å². The van der Waals surface area contributed by atoms with Crippen molar-refractivity contribution in [1.82, 2.24) is 14.9 Å². The van der Waals surface area contributed by atoms with Gasteiger partial charge in [-0.1, -0.05) is 24.1 Å². The first-order valence-corrected chi connectivity index (χ1v) is 9.83. The van der Waals surface area contributed by atoms with E-state index in [0.29, 0.717) is 16.7 Å². The fraction of sp³-hybridized carbons (Fsp3) is 0.167. The van der Waals surface area contributed by atoms with Crippen LogP contribution in [0.5, 0.6) is 0 Å². The van der Waals surface area contributed by atoms with Crippen LogP contribution in [0.25, 0.3) is 11.1 Å². The Hall–Kier alpha value is -4.19. The third-order valence-electron chi connectivity index (χ3n) is 5.33. The topological polar surface area (TPSA) is 84.5 Å². The summed E-state index contributed by atoms with van der Waals surface area (Å²) in [5, 5.41) is 0. The first kappa shape index (κ1) is 22.0. The number of carbonyl (C=O) groups excluding carboxylic acids is 1. The Kier molecular flexibility index (Phi) is 5.38. The summed E-state index contributed by atoms with van der Waals surface area (Å²) in [6.45, 7) is 1.71. The van der Waals surface area contributed by atoms with Crippen molar-refractivity contribution >= 4 is 11.9 Å². The molecule has 3 aromatic rings. The molecule has 3 heterocycles. The Balaban J connectivity index is 1.93. The Labute approximate surface area is 188 Å². The molecule has 2 N–H and O–H groups in total. The molecule has 0 aliphatic carbocycles. The van der Waals surface area contributed by atoms with Gasteiger partial charge in [-0.25, -0.2) is 4.99 Å². The van der Waals surface area contributed by atoms with Crippen molar-refractivity contribution in [3.05, 3.63) is 83.4 Å². The quantitative estimate of drug-likeness (QED) is 0.620. The van der Waals surface area contributed by atoms with Crippen LogP contribution < -0.4 is 5.73 Å². The van der Waals surface area contributed by atoms with Crippen LogP contribution in [0.2, 0.25) is 0 Å². The lowest BCUT2D eigenvalue weighted by molar-refractivity contribution is -0.141. The molecule has 1 aliphatic rings. The molecule has 1 aromatic carbocycles. The Bertz CT molecular complexity index is 1340. The maximum atomic E-state index is 13.4. The highest BCUT2D eigenvalue weighted by molar-refractivity contribution is 6.09. The number of amides is 1. The third-order valence-corrected chi connectivity index (χ3v) is 5.33. The molecule has 0 saturated carbocycles. The number of aromatic nitrogens is 2. The van der Waals surface area contributed by atoms with E-state index in [4.69, 9.17) is 5.73 Å². The lowest BCUT2D eigenvalue weighted by atomic mass is 9.82. The second-order valence-corrected chi connectivity index (χ2v) is 7.39. The van der Waals surface area contributed by atoms with Crippen LogP contribution in [0.3, 0.4) is 0 Å². The minimum atomic E-state index is -4.69. The smallest absolute Gasteiger partial charge is 0.369 e. The molecule has 2 aromatic heterocycles. The van der Waals surface area contributed by atoms with Gasteiger partial charge in [-0.3, -0.25) is 19.7 Å². The SMILES string of the molecule is CC#Cc1cncc(-c2cccc(C3(c4ccnc(C(F)(F)F)c4)N=C(N)N(C)C3=O)c2)c1. The van der Waals surface area contributed by atoms with Gasteiger partial charge in [-0.15, -0.1) is 5.92 Å². The number of rotatable bonds is 3. The largest absolute Gasteiger partial charge is 0.433 e. The zero-order chi connectivity index (χ0) is 23.8. The van der Waals surface area contributed by atoms with Crippen LogP contribution in [0.1, 0.15) is 29.3 Å². The van der Waals surface area contributed by atoms with Crippen LogP contribution in [0.15, 0.2) is 66.0 Å². The molecule has 1 unspecified atom stereocenters. The number of carbonyl (C=O) groups is 1. The van der Waals surface area contributed by atoms with E-state index < -0.39 is 23.3 Å². The third kappa shape index (κ3) is 3.80. The van der Waals surface area contributed by atoms with E-state index in [-0.39, 0.29) is 11.5 Å². The van der Waals surface area contributed by atoms with E-state index in [1.165, 1.54) is 13.1 Å². The average molecular weight is 449 g/mol. The molecule has 4 rings (SSSR count). The highest BCUT2D eigenvalue weighted by Crippen LogP contribution is 2.41. The van der Waals surface area contributed by atoms with Gasteiger partial charge >= 0.3 is 6.18 Å². The van der Waals surface area contributed by atoms with Gasteiger partial charge in [0.05, 0.1) is 0 Å². The number of nitrogens with zero attached hydrogens (tertiary/aromatic N) is 4. The van der Waals surface area contributed by atoms with E-state index in [1.807, 2.05) is 6.07 Å². The monoisotopic (exact) mass is 449 g/mol. The van der Waals surface area contributed by atoms with Crippen LogP contribution in [-0.4, -0.2) is 33.8 Å². The van der Waals surface area contributed by atoms with Crippen LogP contribution in [0, 0.1) is 11.8 Å². The van der Waals surface area contributed by atoms with Gasteiger partial charge in [0.1, 0.15) is 5.69 Å². The maximum Gasteiger partial charge on any atom is 0.433 e. The zero-order valence-electron chi connectivity index (χ0n) is 17.7. The minimum Gasteiger partial charge on any atom is -0.369 e. The number of halogens is 3. The average Bonchev–Trinajstić information content (AvgIpc) is 3.04. The Morgan fingerprint density at radius 2 is 1.82 bits per heavy atom. The normalized spacial score (nSPS) is 18.0. The van der Waals surface area contributed by atoms with E-state index in [2.05, 4.69) is 26.8 Å². The van der Waals surface area contributed by atoms with Crippen molar-refractivity contribution in [3.63, 3.8) is 0 Å². The molecule has 0 radical (unpaired) electrons. The van der Waals surface area contributed by atoms with Crippen molar-refractivity contribution in [1.29, 1.82) is 0 Å². The van der Waals surface area contributed by atoms with Crippen molar-refractivity contribution in [3.8, 4) is 23.0 Å². The summed E-state index contributed by atoms with van der Waals surface area (Å²) in [4.78, 5) is 26.5. The molecule has 33 heavy (non-hydrogen) atoms. The summed E-state index contributed by atoms with van der Waals surface area (Å²) in [7, 11) is 1.43. The summed E-state index contributed by atoms with van der Waals surface area (Å²) in [5.74, 6) is 5.08. The van der Waals surface area contributed by atoms with Crippen molar-refractivity contribution in [2.24, 2.45) is 10.7 Å². The lowest BCUT2D eigenvalue weighted by Crippen LogP contribution is -2.41. The summed E-state index contributed by atoms with van der Waals surface area (Å²) in [5.41, 5.74) is 5.54. The van der Waals surface area contributed by atoms with E-state index in [9.17, 15) is 18.0 Å². The van der Waals surface area contributed by atoms with Crippen LogP contribution in [-0.2, 0) is 16.5 Å². The standard InChI is InChI=1S/C24H18F3N5O/c1-3-5-15-10-17(14-29-13-15)16-6-4-7-18(11-16)23(21(33)32(2)22(28)31-23)19-8-9-30-20(12-19)24(25,26)27/h4,6-14H,1-2H3,(H2,28,31). The number of pyridine rings is 2. The van der Waals surface area contributed by atoms with Gasteiger partial charge in [-0.2, -0.15) is 13.2 Å². The molecular formula is C24H18F3N5O. The predicted octanol–water partition coefficient (Wildman–Crippen LogP) is 3.56. The maximum absolute atomic E-state index is 13.4. The fourth-order valence-electron chi connectivity index (χ4n) is 3.73. The number of hydrogen-bond acceptors (Lipinski definition) is 5. The molecule has 0 spiro atoms. The molecule has 0 fully saturated rings. The summed E-state index contributed by atoms with van der Waals surface area (Å²) in [6.07, 6.45) is -0.408. The fourth-order valence-corrected chi connectivity index (χ4v) is 3.73. The van der Waals surface area contributed by atoms with Gasteiger partial charge in [0.15, 0.2) is 11.5 Å². The second-order valence-electron chi connectivity index (χ2n) is 7.39. The molecule has 6 nitrogen and oxygen atoms in total. The zero-order valence-corrected chi connectivity index (χ0v) is 17.7. The number of alkyl halides is 3. The molecule has 0 saturated heterocycles. The van der Waals surface area contributed by atoms with Crippen molar-refractivity contribution < 1.29 is 18.0 Å². The number of guanidine groups is 1. The van der Waals surface area contributed by atoms with Gasteiger partial charge in [0.2, 0.25) is 0 Å². The molecule has 0 bridgehead atoms. The van der Waals surface area contributed by atoms with Gasteiger partial charge in [0.25, 0.3) is 5.91 Å². The first-order chi connectivity index (χ1) is 15.7. The molecule has 1 aliphatic heterocycles. The van der Waals surface area contributed by atoms with Crippen molar-refractivity contribution in [2.45, 2.75) is 18.6 Å². The molecule has 1 amide bonds. The van der Waals surface area contributed by atoms with E-state index >= 15 is 0 Å². The number of benzene rings is 1. The number of nitrogens with two attached hydrogens (primary N) is 1. The van der Waals surface area contributed by atoms with Crippen LogP contribution >= 0.6 is 0 Å². The molecule has 166 valence electrons. The summed E-state index contributed by atoms with van der Waals surface area (Å²) < 4.78 is 40.1. The molecule has 1 atom stereocenters. The Morgan fingerprint density at radius 3 is 2.48 bits per heavy atom. The summed E-state index contributed by atoms with van der Waals surface area (Å²) >= 11 is 0. The number of hydrogen-bond donors (Lipinski definition) is 1. The van der Waals surface area contributed by atoms with Crippen LogP contribution in [0.4, 0.5) is 13.2 Å². The highest BCUT2D eigenvalue weighted by atomic mass is 19.4. The number of likely N-dealkylation sites (N-methyl/N-ethyl adjacent to an activating group) is 1. The molecular weight excluding hydrogens is 431 g/mol. The Morgan fingerprint density at radius 1 is 1.06 bits per heavy atom. The lowest BCUT2D eigenvalue weighted by Gasteiger charge is -2.27. The number of aliphatic imine (C=N–C) groups is 1. The van der Waals surface area contributed by atoms with Gasteiger partial charge in [0, 0.05) is 36.8 Å². The second kappa shape index (κ2) is 8.06. The summed E-state index contributed by atoms with van der Waals surface area (Å²) in [6, 6.07) is 10.9. The minimum absolute atomic E-state index is 0.0167. The predicted molar refractivity (Wildman–Crippen MR) is 117 cm³/mol.